The van der Waals surface area contributed by atoms with Gasteiger partial charge in [0.15, 0.2) is 17.4 Å². The minimum atomic E-state index is -0.743. The van der Waals surface area contributed by atoms with Gasteiger partial charge in [0.2, 0.25) is 0 Å². The fourth-order valence-electron chi connectivity index (χ4n) is 3.68. The monoisotopic (exact) mass is 434 g/mol. The molecule has 0 aliphatic carbocycles. The second-order valence-corrected chi connectivity index (χ2v) is 7.74. The molecule has 9 heteroatoms. The van der Waals surface area contributed by atoms with Gasteiger partial charge in [0.25, 0.3) is 5.91 Å². The van der Waals surface area contributed by atoms with E-state index in [-0.39, 0.29) is 17.2 Å². The molecule has 0 fully saturated rings. The summed E-state index contributed by atoms with van der Waals surface area (Å²) in [5.41, 5.74) is 14.9. The first-order chi connectivity index (χ1) is 15.3. The van der Waals surface area contributed by atoms with E-state index in [0.29, 0.717) is 29.0 Å². The van der Waals surface area contributed by atoms with Gasteiger partial charge in [-0.05, 0) is 17.2 Å². The van der Waals surface area contributed by atoms with Crippen LogP contribution in [0, 0.1) is 5.82 Å². The third-order valence-electron chi connectivity index (χ3n) is 5.27. The van der Waals surface area contributed by atoms with Crippen molar-refractivity contribution >= 4 is 17.2 Å². The van der Waals surface area contributed by atoms with Crippen LogP contribution in [0.4, 0.5) is 10.2 Å². The maximum absolute atomic E-state index is 14.8. The fourth-order valence-corrected chi connectivity index (χ4v) is 3.68. The largest absolute Gasteiger partial charge is 0.493 e. The molecule has 2 aromatic heterocycles. The number of nitrogens with zero attached hydrogens (tertiary/aromatic N) is 4. The summed E-state index contributed by atoms with van der Waals surface area (Å²) in [4.78, 5) is 20.3. The summed E-state index contributed by atoms with van der Waals surface area (Å²) in [5, 5.41) is 4.30. The number of nitrogens with two attached hydrogens (primary N) is 2. The third-order valence-corrected chi connectivity index (χ3v) is 5.27. The second-order valence-electron chi connectivity index (χ2n) is 7.74. The van der Waals surface area contributed by atoms with Crippen LogP contribution in [0.15, 0.2) is 42.7 Å². The predicted octanol–water partition coefficient (Wildman–Crippen LogP) is 3.33. The van der Waals surface area contributed by atoms with Crippen LogP contribution in [0.2, 0.25) is 0 Å². The van der Waals surface area contributed by atoms with Gasteiger partial charge in [0, 0.05) is 17.9 Å². The highest BCUT2D eigenvalue weighted by Gasteiger charge is 2.20. The van der Waals surface area contributed by atoms with Crippen LogP contribution < -0.4 is 16.2 Å². The van der Waals surface area contributed by atoms with Crippen LogP contribution in [-0.4, -0.2) is 32.6 Å². The Morgan fingerprint density at radius 1 is 1.19 bits per heavy atom. The number of hydrogen-bond donors (Lipinski definition) is 2. The van der Waals surface area contributed by atoms with Gasteiger partial charge < -0.3 is 16.2 Å². The number of imidazole rings is 1. The number of carbonyl (C=O) groups is 1. The van der Waals surface area contributed by atoms with Gasteiger partial charge in [-0.3, -0.25) is 4.79 Å². The number of ether oxygens (including phenoxy) is 1. The van der Waals surface area contributed by atoms with Crippen molar-refractivity contribution < 1.29 is 13.9 Å². The lowest BCUT2D eigenvalue weighted by atomic mass is 10.00. The normalized spacial score (nSPS) is 11.3. The molecule has 4 N–H and O–H groups in total. The SMILES string of the molecule is COc1c(C(N)=O)ccc(Cc2ccc(-c3nc(C(C)C)n4ncnc(N)c34)cc2)c1F. The van der Waals surface area contributed by atoms with E-state index in [1.165, 1.54) is 19.5 Å². The molecule has 0 aliphatic rings. The molecular formula is C23H23FN6O2. The second kappa shape index (κ2) is 8.26. The molecule has 2 heterocycles. The Bertz CT molecular complexity index is 1310. The highest BCUT2D eigenvalue weighted by molar-refractivity contribution is 5.95. The number of aromatic nitrogens is 4. The summed E-state index contributed by atoms with van der Waals surface area (Å²) in [6.45, 7) is 4.07. The van der Waals surface area contributed by atoms with Crippen molar-refractivity contribution in [2.24, 2.45) is 5.73 Å². The molecule has 1 amide bonds. The van der Waals surface area contributed by atoms with Gasteiger partial charge in [0.05, 0.1) is 12.7 Å². The minimum Gasteiger partial charge on any atom is -0.493 e. The lowest BCUT2D eigenvalue weighted by Crippen LogP contribution is -2.14. The van der Waals surface area contributed by atoms with Crippen LogP contribution in [0.3, 0.4) is 0 Å². The number of amides is 1. The molecule has 0 saturated heterocycles. The van der Waals surface area contributed by atoms with Crippen molar-refractivity contribution in [2.45, 2.75) is 26.2 Å². The highest BCUT2D eigenvalue weighted by atomic mass is 19.1. The number of benzene rings is 2. The lowest BCUT2D eigenvalue weighted by molar-refractivity contribution is 0.0996. The van der Waals surface area contributed by atoms with Crippen molar-refractivity contribution in [1.29, 1.82) is 0 Å². The van der Waals surface area contributed by atoms with Crippen molar-refractivity contribution in [2.75, 3.05) is 12.8 Å². The van der Waals surface area contributed by atoms with Gasteiger partial charge >= 0.3 is 0 Å². The quantitative estimate of drug-likeness (QED) is 0.480. The van der Waals surface area contributed by atoms with Crippen molar-refractivity contribution in [3.63, 3.8) is 0 Å². The molecule has 0 radical (unpaired) electrons. The number of halogens is 1. The van der Waals surface area contributed by atoms with Crippen LogP contribution in [0.25, 0.3) is 16.8 Å². The Hall–Kier alpha value is -4.01. The average Bonchev–Trinajstić information content (AvgIpc) is 3.16. The van der Waals surface area contributed by atoms with E-state index in [4.69, 9.17) is 21.2 Å². The van der Waals surface area contributed by atoms with Crippen molar-refractivity contribution in [3.05, 3.63) is 71.1 Å². The van der Waals surface area contributed by atoms with Gasteiger partial charge in [-0.15, -0.1) is 0 Å². The Morgan fingerprint density at radius 2 is 1.91 bits per heavy atom. The zero-order valence-corrected chi connectivity index (χ0v) is 18.0. The van der Waals surface area contributed by atoms with E-state index in [1.54, 1.807) is 10.6 Å². The molecule has 4 aromatic rings. The molecular weight excluding hydrogens is 411 g/mol. The highest BCUT2D eigenvalue weighted by Crippen LogP contribution is 2.31. The van der Waals surface area contributed by atoms with E-state index in [9.17, 15) is 9.18 Å². The summed E-state index contributed by atoms with van der Waals surface area (Å²) >= 11 is 0. The number of anilines is 1. The summed E-state index contributed by atoms with van der Waals surface area (Å²) in [6, 6.07) is 10.6. The molecule has 8 nitrogen and oxygen atoms in total. The van der Waals surface area contributed by atoms with Crippen LogP contribution in [0.1, 0.15) is 47.1 Å². The van der Waals surface area contributed by atoms with E-state index >= 15 is 0 Å². The molecule has 0 saturated carbocycles. The number of nitrogen functional groups attached to an aromatic ring is 1. The summed E-state index contributed by atoms with van der Waals surface area (Å²) in [7, 11) is 1.31. The zero-order valence-electron chi connectivity index (χ0n) is 18.0. The number of fused-ring (bicyclic) bond motifs is 1. The summed E-state index contributed by atoms with van der Waals surface area (Å²) < 4.78 is 21.6. The Morgan fingerprint density at radius 3 is 2.53 bits per heavy atom. The summed E-state index contributed by atoms with van der Waals surface area (Å²) in [5.74, 6) is -0.203. The Balaban J connectivity index is 1.69. The average molecular weight is 434 g/mol. The number of primary amides is 1. The molecule has 32 heavy (non-hydrogen) atoms. The van der Waals surface area contributed by atoms with Gasteiger partial charge in [0.1, 0.15) is 23.4 Å². The number of rotatable bonds is 6. The molecule has 164 valence electrons. The van der Waals surface area contributed by atoms with E-state index < -0.39 is 11.7 Å². The van der Waals surface area contributed by atoms with E-state index in [1.807, 2.05) is 38.1 Å². The lowest BCUT2D eigenvalue weighted by Gasteiger charge is -2.11. The zero-order chi connectivity index (χ0) is 23.0. The first kappa shape index (κ1) is 21.2. The standard InChI is InChI=1S/C23H23FN6O2/c1-12(2)23-29-18(19-21(25)27-11-28-30(19)23)14-6-4-13(5-7-14)10-15-8-9-16(22(26)31)20(32-3)17(15)24/h4-9,11-12H,10H2,1-3H3,(H2,26,31)(H2,25,27,28). The maximum atomic E-state index is 14.8. The number of hydrogen-bond acceptors (Lipinski definition) is 6. The Kier molecular flexibility index (Phi) is 5.48. The molecule has 2 aromatic carbocycles. The van der Waals surface area contributed by atoms with Crippen LogP contribution in [-0.2, 0) is 6.42 Å². The van der Waals surface area contributed by atoms with Crippen molar-refractivity contribution in [1.82, 2.24) is 19.6 Å². The first-order valence-electron chi connectivity index (χ1n) is 10.0. The smallest absolute Gasteiger partial charge is 0.252 e. The topological polar surface area (TPSA) is 121 Å². The fraction of sp³-hybridized carbons (Fsp3) is 0.217. The first-order valence-corrected chi connectivity index (χ1v) is 10.0. The minimum absolute atomic E-state index is 0.0107. The van der Waals surface area contributed by atoms with Crippen LogP contribution in [0.5, 0.6) is 5.75 Å². The van der Waals surface area contributed by atoms with Crippen LogP contribution >= 0.6 is 0 Å². The molecule has 0 unspecified atom stereocenters. The maximum Gasteiger partial charge on any atom is 0.252 e. The molecule has 0 spiro atoms. The van der Waals surface area contributed by atoms with E-state index in [2.05, 4.69) is 10.1 Å². The molecule has 4 rings (SSSR count). The number of carbonyl (C=O) groups excluding carboxylic acids is 1. The van der Waals surface area contributed by atoms with Gasteiger partial charge in [-0.2, -0.15) is 5.10 Å². The van der Waals surface area contributed by atoms with Gasteiger partial charge in [-0.25, -0.2) is 18.9 Å². The Labute approximate surface area is 184 Å². The third kappa shape index (κ3) is 3.62. The molecule has 0 bridgehead atoms. The van der Waals surface area contributed by atoms with E-state index in [0.717, 1.165) is 17.0 Å². The molecule has 0 atom stereocenters. The van der Waals surface area contributed by atoms with Gasteiger partial charge in [-0.1, -0.05) is 44.2 Å². The van der Waals surface area contributed by atoms with Crippen molar-refractivity contribution in [3.8, 4) is 17.0 Å². The number of methoxy groups -OCH3 is 1. The summed E-state index contributed by atoms with van der Waals surface area (Å²) in [6.07, 6.45) is 1.73. The predicted molar refractivity (Wildman–Crippen MR) is 119 cm³/mol. The molecule has 0 aliphatic heterocycles.